The molecule has 3 amide bonds. The Morgan fingerprint density at radius 1 is 0.882 bits per heavy atom. The summed E-state index contributed by atoms with van der Waals surface area (Å²) >= 11 is 0. The van der Waals surface area contributed by atoms with Crippen LogP contribution in [0.15, 0.2) is 60.7 Å². The summed E-state index contributed by atoms with van der Waals surface area (Å²) < 4.78 is 0. The zero-order chi connectivity index (χ0) is 23.5. The molecule has 1 heterocycles. The lowest BCUT2D eigenvalue weighted by Gasteiger charge is -2.38. The van der Waals surface area contributed by atoms with Gasteiger partial charge in [0.25, 0.3) is 5.91 Å². The maximum atomic E-state index is 13.0. The Labute approximate surface area is 199 Å². The van der Waals surface area contributed by atoms with Crippen molar-refractivity contribution in [2.75, 3.05) is 15.6 Å². The van der Waals surface area contributed by atoms with Crippen LogP contribution >= 0.6 is 0 Å². The van der Waals surface area contributed by atoms with Gasteiger partial charge < -0.3 is 10.6 Å². The van der Waals surface area contributed by atoms with E-state index in [4.69, 9.17) is 0 Å². The van der Waals surface area contributed by atoms with Gasteiger partial charge in [-0.15, -0.1) is 0 Å². The van der Waals surface area contributed by atoms with Crippen LogP contribution in [0.2, 0.25) is 0 Å². The minimum atomic E-state index is -0.364. The molecule has 2 aliphatic carbocycles. The van der Waals surface area contributed by atoms with Gasteiger partial charge >= 0.3 is 0 Å². The number of carbonyl (C=O) groups excluding carboxylic acids is 3. The Morgan fingerprint density at radius 2 is 1.59 bits per heavy atom. The SMILES string of the molecule is O=C(Nc1ccc(NC2CCCCC2)cc1)c1cccc(N2NC(=O)C3CC=CCC3C2=O)c1. The molecule has 1 saturated carbocycles. The molecule has 2 atom stereocenters. The molecule has 5 rings (SSSR count). The number of hydrogen-bond donors (Lipinski definition) is 3. The molecule has 1 aliphatic heterocycles. The first kappa shape index (κ1) is 22.2. The first-order valence-corrected chi connectivity index (χ1v) is 12.2. The Morgan fingerprint density at radius 3 is 2.35 bits per heavy atom. The fraction of sp³-hybridized carbons (Fsp3) is 0.370. The number of hydrogen-bond acceptors (Lipinski definition) is 4. The number of rotatable bonds is 5. The van der Waals surface area contributed by atoms with Gasteiger partial charge in [0.1, 0.15) is 0 Å². The highest BCUT2D eigenvalue weighted by Gasteiger charge is 2.42. The number of nitrogens with one attached hydrogen (secondary N) is 3. The molecule has 1 saturated heterocycles. The van der Waals surface area contributed by atoms with E-state index >= 15 is 0 Å². The summed E-state index contributed by atoms with van der Waals surface area (Å²) in [7, 11) is 0. The highest BCUT2D eigenvalue weighted by molar-refractivity contribution is 6.07. The van der Waals surface area contributed by atoms with Crippen LogP contribution in [0.25, 0.3) is 0 Å². The van der Waals surface area contributed by atoms with Crippen molar-refractivity contribution in [3.8, 4) is 0 Å². The Balaban J connectivity index is 1.25. The van der Waals surface area contributed by atoms with Gasteiger partial charge in [-0.05, 0) is 68.1 Å². The fourth-order valence-electron chi connectivity index (χ4n) is 5.10. The van der Waals surface area contributed by atoms with Gasteiger partial charge in [0.15, 0.2) is 0 Å². The van der Waals surface area contributed by atoms with E-state index < -0.39 is 0 Å². The average Bonchev–Trinajstić information content (AvgIpc) is 2.88. The van der Waals surface area contributed by atoms with E-state index in [0.717, 1.165) is 5.69 Å². The molecule has 3 N–H and O–H groups in total. The molecule has 0 bridgehead atoms. The third-order valence-electron chi connectivity index (χ3n) is 7.01. The number of fused-ring (bicyclic) bond motifs is 1. The fourth-order valence-corrected chi connectivity index (χ4v) is 5.10. The van der Waals surface area contributed by atoms with Crippen molar-refractivity contribution < 1.29 is 14.4 Å². The van der Waals surface area contributed by atoms with Crippen molar-refractivity contribution in [3.63, 3.8) is 0 Å². The molecule has 0 spiro atoms. The molecule has 2 aromatic carbocycles. The van der Waals surface area contributed by atoms with Crippen LogP contribution in [-0.4, -0.2) is 23.8 Å². The number of carbonyl (C=O) groups is 3. The second kappa shape index (κ2) is 9.71. The van der Waals surface area contributed by atoms with Crippen LogP contribution in [0, 0.1) is 11.8 Å². The largest absolute Gasteiger partial charge is 0.382 e. The maximum Gasteiger partial charge on any atom is 0.255 e. The highest BCUT2D eigenvalue weighted by atomic mass is 16.2. The van der Waals surface area contributed by atoms with E-state index in [0.29, 0.717) is 35.8 Å². The molecule has 2 fully saturated rings. The normalized spacial score (nSPS) is 22.6. The number of nitrogens with zero attached hydrogens (tertiary/aromatic N) is 1. The lowest BCUT2D eigenvalue weighted by Crippen LogP contribution is -2.59. The Kier molecular flexibility index (Phi) is 6.34. The molecule has 34 heavy (non-hydrogen) atoms. The second-order valence-electron chi connectivity index (χ2n) is 9.37. The van der Waals surface area contributed by atoms with Crippen LogP contribution in [0.3, 0.4) is 0 Å². The molecule has 0 aromatic heterocycles. The van der Waals surface area contributed by atoms with Crippen molar-refractivity contribution in [1.82, 2.24) is 5.43 Å². The molecular weight excluding hydrogens is 428 g/mol. The smallest absolute Gasteiger partial charge is 0.255 e. The summed E-state index contributed by atoms with van der Waals surface area (Å²) in [5.74, 6) is -1.27. The summed E-state index contributed by atoms with van der Waals surface area (Å²) in [6.07, 6.45) is 11.3. The molecule has 7 heteroatoms. The third-order valence-corrected chi connectivity index (χ3v) is 7.01. The van der Waals surface area contributed by atoms with Crippen LogP contribution < -0.4 is 21.1 Å². The van der Waals surface area contributed by atoms with Crippen LogP contribution in [-0.2, 0) is 9.59 Å². The summed E-state index contributed by atoms with van der Waals surface area (Å²) in [5.41, 5.74) is 5.35. The number of allylic oxidation sites excluding steroid dienone is 2. The summed E-state index contributed by atoms with van der Waals surface area (Å²) in [6, 6.07) is 15.0. The van der Waals surface area contributed by atoms with Gasteiger partial charge in [-0.1, -0.05) is 37.5 Å². The van der Waals surface area contributed by atoms with Crippen LogP contribution in [0.5, 0.6) is 0 Å². The molecule has 176 valence electrons. The van der Waals surface area contributed by atoms with Crippen LogP contribution in [0.1, 0.15) is 55.3 Å². The van der Waals surface area contributed by atoms with Gasteiger partial charge in [0.05, 0.1) is 17.5 Å². The van der Waals surface area contributed by atoms with Crippen molar-refractivity contribution >= 4 is 34.8 Å². The molecule has 0 radical (unpaired) electrons. The zero-order valence-corrected chi connectivity index (χ0v) is 19.1. The molecule has 7 nitrogen and oxygen atoms in total. The average molecular weight is 459 g/mol. The minimum Gasteiger partial charge on any atom is -0.382 e. The van der Waals surface area contributed by atoms with E-state index in [9.17, 15) is 14.4 Å². The lowest BCUT2D eigenvalue weighted by atomic mass is 9.80. The lowest BCUT2D eigenvalue weighted by molar-refractivity contribution is -0.139. The van der Waals surface area contributed by atoms with Crippen molar-refractivity contribution in [3.05, 3.63) is 66.2 Å². The molecule has 2 aromatic rings. The number of anilines is 3. The molecule has 3 aliphatic rings. The summed E-state index contributed by atoms with van der Waals surface area (Å²) in [6.45, 7) is 0. The second-order valence-corrected chi connectivity index (χ2v) is 9.37. The molecule has 2 unspecified atom stereocenters. The van der Waals surface area contributed by atoms with E-state index in [2.05, 4.69) is 16.1 Å². The predicted octanol–water partition coefficient (Wildman–Crippen LogP) is 4.64. The van der Waals surface area contributed by atoms with Gasteiger partial charge in [-0.2, -0.15) is 0 Å². The van der Waals surface area contributed by atoms with Crippen molar-refractivity contribution in [1.29, 1.82) is 0 Å². The predicted molar refractivity (Wildman–Crippen MR) is 132 cm³/mol. The van der Waals surface area contributed by atoms with Gasteiger partial charge in [-0.3, -0.25) is 19.8 Å². The highest BCUT2D eigenvalue weighted by Crippen LogP contribution is 2.32. The maximum absolute atomic E-state index is 13.0. The van der Waals surface area contributed by atoms with Crippen molar-refractivity contribution in [2.24, 2.45) is 11.8 Å². The third kappa shape index (κ3) is 4.69. The van der Waals surface area contributed by atoms with Gasteiger partial charge in [0.2, 0.25) is 11.8 Å². The topological polar surface area (TPSA) is 90.5 Å². The van der Waals surface area contributed by atoms with Crippen LogP contribution in [0.4, 0.5) is 17.1 Å². The van der Waals surface area contributed by atoms with E-state index in [1.807, 2.05) is 36.4 Å². The van der Waals surface area contributed by atoms with Crippen molar-refractivity contribution in [2.45, 2.75) is 51.0 Å². The zero-order valence-electron chi connectivity index (χ0n) is 19.1. The Hall–Kier alpha value is -3.61. The van der Waals surface area contributed by atoms with Gasteiger partial charge in [0, 0.05) is 23.0 Å². The van der Waals surface area contributed by atoms with Gasteiger partial charge in [-0.25, -0.2) is 5.01 Å². The number of hydrazine groups is 1. The summed E-state index contributed by atoms with van der Waals surface area (Å²) in [4.78, 5) is 38.5. The van der Waals surface area contributed by atoms with E-state index in [1.165, 1.54) is 37.1 Å². The standard InChI is InChI=1S/C27H30N4O3/c32-25(29-21-15-13-20(14-16-21)28-19-8-2-1-3-9-19)18-7-6-10-22(17-18)31-27(34)24-12-5-4-11-23(24)26(33)30-31/h4-7,10,13-17,19,23-24,28H,1-3,8-9,11-12H2,(H,29,32)(H,30,33). The quantitative estimate of drug-likeness (QED) is 0.569. The van der Waals surface area contributed by atoms with E-state index in [-0.39, 0.29) is 29.6 Å². The first-order valence-electron chi connectivity index (χ1n) is 12.2. The minimum absolute atomic E-state index is 0.146. The Bertz CT molecular complexity index is 1110. The number of amides is 3. The molecular formula is C27H30N4O3. The van der Waals surface area contributed by atoms with E-state index in [1.54, 1.807) is 24.3 Å². The first-order chi connectivity index (χ1) is 16.6. The summed E-state index contributed by atoms with van der Waals surface area (Å²) in [5, 5.41) is 7.78. The number of benzene rings is 2. The monoisotopic (exact) mass is 458 g/mol.